The zero-order valence-corrected chi connectivity index (χ0v) is 11.7. The van der Waals surface area contributed by atoms with Gasteiger partial charge in [0.1, 0.15) is 5.75 Å². The third-order valence-corrected chi connectivity index (χ3v) is 4.13. The molecule has 1 aliphatic carbocycles. The molecule has 0 heterocycles. The third-order valence-electron chi connectivity index (χ3n) is 4.13. The van der Waals surface area contributed by atoms with Crippen LogP contribution in [0.5, 0.6) is 5.75 Å². The van der Waals surface area contributed by atoms with Crippen molar-refractivity contribution in [2.75, 3.05) is 21.3 Å². The highest BCUT2D eigenvalue weighted by atomic mass is 16.5. The molecule has 1 unspecified atom stereocenters. The van der Waals surface area contributed by atoms with Crippen LogP contribution in [0, 0.1) is 5.41 Å². The fourth-order valence-corrected chi connectivity index (χ4v) is 2.93. The third kappa shape index (κ3) is 2.32. The molecule has 1 aliphatic rings. The fraction of sp³-hybridized carbons (Fsp3) is 0.533. The summed E-state index contributed by atoms with van der Waals surface area (Å²) >= 11 is 0. The number of rotatable bonds is 5. The fourth-order valence-electron chi connectivity index (χ4n) is 2.93. The minimum Gasteiger partial charge on any atom is -0.497 e. The van der Waals surface area contributed by atoms with Crippen LogP contribution in [-0.2, 0) is 9.53 Å². The molecule has 2 rings (SSSR count). The Bertz CT molecular complexity index is 437. The first-order valence-corrected chi connectivity index (χ1v) is 6.57. The van der Waals surface area contributed by atoms with E-state index in [1.807, 2.05) is 31.3 Å². The van der Waals surface area contributed by atoms with Crippen molar-refractivity contribution in [2.24, 2.45) is 5.41 Å². The molecule has 19 heavy (non-hydrogen) atoms. The van der Waals surface area contributed by atoms with E-state index in [2.05, 4.69) is 5.32 Å². The lowest BCUT2D eigenvalue weighted by Crippen LogP contribution is -2.48. The molecule has 104 valence electrons. The standard InChI is InChI=1S/C15H21NO3/c1-16-13(11-5-7-12(18-2)8-6-11)15(9-4-10-15)14(17)19-3/h5-8,13,16H,4,9-10H2,1-3H3. The monoisotopic (exact) mass is 263 g/mol. The van der Waals surface area contributed by atoms with Gasteiger partial charge in [-0.05, 0) is 37.6 Å². The lowest BCUT2D eigenvalue weighted by atomic mass is 9.62. The smallest absolute Gasteiger partial charge is 0.313 e. The number of hydrogen-bond acceptors (Lipinski definition) is 4. The molecule has 1 aromatic rings. The van der Waals surface area contributed by atoms with E-state index < -0.39 is 5.41 Å². The lowest BCUT2D eigenvalue weighted by Gasteiger charge is -2.45. The lowest BCUT2D eigenvalue weighted by molar-refractivity contribution is -0.161. The molecule has 0 spiro atoms. The largest absolute Gasteiger partial charge is 0.497 e. The highest BCUT2D eigenvalue weighted by Crippen LogP contribution is 2.51. The predicted octanol–water partition coefficient (Wildman–Crippen LogP) is 2.30. The van der Waals surface area contributed by atoms with Crippen LogP contribution in [0.2, 0.25) is 0 Å². The molecule has 1 fully saturated rings. The van der Waals surface area contributed by atoms with E-state index in [9.17, 15) is 4.79 Å². The SMILES string of the molecule is CNC(c1ccc(OC)cc1)C1(C(=O)OC)CCC1. The van der Waals surface area contributed by atoms with Crippen molar-refractivity contribution in [1.29, 1.82) is 0 Å². The second-order valence-electron chi connectivity index (χ2n) is 5.00. The van der Waals surface area contributed by atoms with E-state index >= 15 is 0 Å². The Balaban J connectivity index is 2.29. The first-order valence-electron chi connectivity index (χ1n) is 6.57. The highest BCUT2D eigenvalue weighted by molar-refractivity contribution is 5.79. The van der Waals surface area contributed by atoms with Gasteiger partial charge in [0.25, 0.3) is 0 Å². The molecule has 4 nitrogen and oxygen atoms in total. The molecule has 1 saturated carbocycles. The molecule has 0 amide bonds. The molecule has 1 atom stereocenters. The Morgan fingerprint density at radius 2 is 1.89 bits per heavy atom. The number of hydrogen-bond donors (Lipinski definition) is 1. The Labute approximate surface area is 114 Å². The Hall–Kier alpha value is -1.55. The Kier molecular flexibility index (Phi) is 4.10. The van der Waals surface area contributed by atoms with E-state index in [1.165, 1.54) is 7.11 Å². The second kappa shape index (κ2) is 5.61. The van der Waals surface area contributed by atoms with Crippen LogP contribution in [0.3, 0.4) is 0 Å². The van der Waals surface area contributed by atoms with Gasteiger partial charge in [0.15, 0.2) is 0 Å². The summed E-state index contributed by atoms with van der Waals surface area (Å²) in [5.41, 5.74) is 0.673. The normalized spacial score (nSPS) is 18.3. The van der Waals surface area contributed by atoms with Gasteiger partial charge in [-0.25, -0.2) is 0 Å². The summed E-state index contributed by atoms with van der Waals surface area (Å²) in [6, 6.07) is 7.83. The second-order valence-corrected chi connectivity index (χ2v) is 5.00. The van der Waals surface area contributed by atoms with Crippen LogP contribution in [0.1, 0.15) is 30.9 Å². The van der Waals surface area contributed by atoms with Crippen LogP contribution < -0.4 is 10.1 Å². The van der Waals surface area contributed by atoms with Crippen LogP contribution in [0.4, 0.5) is 0 Å². The van der Waals surface area contributed by atoms with Gasteiger partial charge >= 0.3 is 5.97 Å². The maximum absolute atomic E-state index is 12.1. The van der Waals surface area contributed by atoms with Gasteiger partial charge < -0.3 is 14.8 Å². The van der Waals surface area contributed by atoms with Gasteiger partial charge in [0.05, 0.1) is 19.6 Å². The first-order chi connectivity index (χ1) is 9.17. The molecular weight excluding hydrogens is 242 g/mol. The molecule has 0 saturated heterocycles. The van der Waals surface area contributed by atoms with Crippen molar-refractivity contribution in [3.63, 3.8) is 0 Å². The van der Waals surface area contributed by atoms with Gasteiger partial charge in [-0.3, -0.25) is 4.79 Å². The summed E-state index contributed by atoms with van der Waals surface area (Å²) in [6.07, 6.45) is 2.82. The van der Waals surface area contributed by atoms with E-state index in [0.29, 0.717) is 0 Å². The van der Waals surface area contributed by atoms with E-state index in [-0.39, 0.29) is 12.0 Å². The summed E-state index contributed by atoms with van der Waals surface area (Å²) in [4.78, 5) is 12.1. The zero-order chi connectivity index (χ0) is 13.9. The van der Waals surface area contributed by atoms with Gasteiger partial charge in [-0.1, -0.05) is 18.6 Å². The van der Waals surface area contributed by atoms with E-state index in [0.717, 1.165) is 30.6 Å². The topological polar surface area (TPSA) is 47.6 Å². The number of nitrogens with one attached hydrogen (secondary N) is 1. The van der Waals surface area contributed by atoms with Crippen molar-refractivity contribution in [1.82, 2.24) is 5.32 Å². The van der Waals surface area contributed by atoms with Gasteiger partial charge in [0.2, 0.25) is 0 Å². The minimum atomic E-state index is -0.419. The number of benzene rings is 1. The molecule has 0 bridgehead atoms. The number of carbonyl (C=O) groups excluding carboxylic acids is 1. The van der Waals surface area contributed by atoms with Crippen LogP contribution in [0.25, 0.3) is 0 Å². The van der Waals surface area contributed by atoms with Crippen molar-refractivity contribution in [2.45, 2.75) is 25.3 Å². The van der Waals surface area contributed by atoms with Gasteiger partial charge in [0, 0.05) is 6.04 Å². The maximum atomic E-state index is 12.1. The molecule has 0 aliphatic heterocycles. The predicted molar refractivity (Wildman–Crippen MR) is 73.1 cm³/mol. The molecule has 4 heteroatoms. The Morgan fingerprint density at radius 1 is 1.26 bits per heavy atom. The van der Waals surface area contributed by atoms with Crippen LogP contribution in [-0.4, -0.2) is 27.2 Å². The number of ether oxygens (including phenoxy) is 2. The first kappa shape index (κ1) is 13.9. The van der Waals surface area contributed by atoms with Crippen LogP contribution in [0.15, 0.2) is 24.3 Å². The summed E-state index contributed by atoms with van der Waals surface area (Å²) < 4.78 is 10.2. The number of methoxy groups -OCH3 is 2. The average Bonchev–Trinajstić information content (AvgIpc) is 2.42. The number of carbonyl (C=O) groups is 1. The molecule has 1 aromatic carbocycles. The maximum Gasteiger partial charge on any atom is 0.313 e. The quantitative estimate of drug-likeness (QED) is 0.828. The van der Waals surface area contributed by atoms with Gasteiger partial charge in [-0.15, -0.1) is 0 Å². The van der Waals surface area contributed by atoms with Crippen molar-refractivity contribution < 1.29 is 14.3 Å². The Morgan fingerprint density at radius 3 is 2.26 bits per heavy atom. The van der Waals surface area contributed by atoms with E-state index in [4.69, 9.17) is 9.47 Å². The van der Waals surface area contributed by atoms with Gasteiger partial charge in [-0.2, -0.15) is 0 Å². The molecule has 1 N–H and O–H groups in total. The molecule has 0 aromatic heterocycles. The van der Waals surface area contributed by atoms with E-state index in [1.54, 1.807) is 7.11 Å². The van der Waals surface area contributed by atoms with Crippen molar-refractivity contribution >= 4 is 5.97 Å². The summed E-state index contributed by atoms with van der Waals surface area (Å²) in [5, 5.41) is 3.27. The average molecular weight is 263 g/mol. The van der Waals surface area contributed by atoms with Crippen molar-refractivity contribution in [3.8, 4) is 5.75 Å². The molecule has 0 radical (unpaired) electrons. The van der Waals surface area contributed by atoms with Crippen molar-refractivity contribution in [3.05, 3.63) is 29.8 Å². The van der Waals surface area contributed by atoms with Crippen LogP contribution >= 0.6 is 0 Å². The minimum absolute atomic E-state index is 0.0143. The summed E-state index contributed by atoms with van der Waals surface area (Å²) in [6.45, 7) is 0. The zero-order valence-electron chi connectivity index (χ0n) is 11.7. The molecular formula is C15H21NO3. The summed E-state index contributed by atoms with van der Waals surface area (Å²) in [5.74, 6) is 0.702. The number of esters is 1. The highest BCUT2D eigenvalue weighted by Gasteiger charge is 2.51. The summed E-state index contributed by atoms with van der Waals surface area (Å²) in [7, 11) is 4.99.